The van der Waals surface area contributed by atoms with Gasteiger partial charge in [0.25, 0.3) is 15.9 Å². The first-order valence-corrected chi connectivity index (χ1v) is 12.0. The summed E-state index contributed by atoms with van der Waals surface area (Å²) in [5, 5.41) is 2.73. The van der Waals surface area contributed by atoms with Crippen molar-refractivity contribution in [3.63, 3.8) is 0 Å². The van der Waals surface area contributed by atoms with Crippen LogP contribution in [0.2, 0.25) is 0 Å². The van der Waals surface area contributed by atoms with Crippen molar-refractivity contribution >= 4 is 27.5 Å². The maximum Gasteiger partial charge on any atom is 0.261 e. The van der Waals surface area contributed by atoms with Crippen molar-refractivity contribution in [3.8, 4) is 0 Å². The lowest BCUT2D eigenvalue weighted by molar-refractivity contribution is -0.132. The Morgan fingerprint density at radius 1 is 1.06 bits per heavy atom. The molecule has 2 aromatic carbocycles. The third-order valence-corrected chi connectivity index (χ3v) is 6.76. The zero-order valence-corrected chi connectivity index (χ0v) is 18.7. The number of nitrogens with zero attached hydrogens (tertiary/aromatic N) is 1. The molecule has 1 saturated heterocycles. The van der Waals surface area contributed by atoms with Crippen LogP contribution in [-0.2, 0) is 14.8 Å². The van der Waals surface area contributed by atoms with Gasteiger partial charge >= 0.3 is 0 Å². The molecule has 0 saturated carbocycles. The van der Waals surface area contributed by atoms with Gasteiger partial charge in [0.1, 0.15) is 0 Å². The van der Waals surface area contributed by atoms with Crippen LogP contribution in [0, 0.1) is 12.8 Å². The largest absolute Gasteiger partial charge is 0.352 e. The Balaban J connectivity index is 1.52. The number of hydrogen-bond donors (Lipinski definition) is 2. The minimum absolute atomic E-state index is 0.0514. The highest BCUT2D eigenvalue weighted by Crippen LogP contribution is 2.18. The summed E-state index contributed by atoms with van der Waals surface area (Å²) in [4.78, 5) is 26.6. The van der Waals surface area contributed by atoms with Crippen LogP contribution in [-0.4, -0.2) is 44.8 Å². The summed E-state index contributed by atoms with van der Waals surface area (Å²) in [6.45, 7) is 5.87. The molecule has 1 fully saturated rings. The number of amides is 2. The Kier molecular flexibility index (Phi) is 7.33. The molecule has 0 aliphatic carbocycles. The van der Waals surface area contributed by atoms with Crippen LogP contribution >= 0.6 is 0 Å². The topological polar surface area (TPSA) is 95.6 Å². The highest BCUT2D eigenvalue weighted by Gasteiger charge is 2.21. The number of sulfonamides is 1. The average molecular weight is 444 g/mol. The van der Waals surface area contributed by atoms with Gasteiger partial charge in [0.2, 0.25) is 5.91 Å². The molecule has 1 aliphatic rings. The molecule has 0 aromatic heterocycles. The first kappa shape index (κ1) is 22.8. The van der Waals surface area contributed by atoms with Gasteiger partial charge in [-0.2, -0.15) is 0 Å². The van der Waals surface area contributed by atoms with E-state index in [0.717, 1.165) is 31.5 Å². The number of carbonyl (C=O) groups is 2. The van der Waals surface area contributed by atoms with Gasteiger partial charge in [0.05, 0.1) is 4.90 Å². The Morgan fingerprint density at radius 3 is 2.39 bits per heavy atom. The second-order valence-electron chi connectivity index (χ2n) is 8.09. The zero-order chi connectivity index (χ0) is 22.4. The minimum Gasteiger partial charge on any atom is -0.352 e. The van der Waals surface area contributed by atoms with Crippen LogP contribution in [0.3, 0.4) is 0 Å². The molecular weight excluding hydrogens is 414 g/mol. The van der Waals surface area contributed by atoms with Gasteiger partial charge in [-0.25, -0.2) is 8.42 Å². The van der Waals surface area contributed by atoms with Crippen molar-refractivity contribution < 1.29 is 18.0 Å². The fourth-order valence-corrected chi connectivity index (χ4v) is 4.64. The number of piperidine rings is 1. The predicted octanol–water partition coefficient (Wildman–Crippen LogP) is 3.17. The molecule has 8 heteroatoms. The summed E-state index contributed by atoms with van der Waals surface area (Å²) in [6, 6.07) is 12.8. The molecule has 0 spiro atoms. The Hall–Kier alpha value is -2.87. The number of rotatable bonds is 7. The van der Waals surface area contributed by atoms with E-state index in [1.165, 1.54) is 24.3 Å². The first-order chi connectivity index (χ1) is 14.7. The standard InChI is InChI=1S/C23H29N3O4S/c1-17-5-9-20(10-6-17)25-31(29,30)21-11-7-19(8-12-21)23(28)24-14-13-22(27)26-15-3-4-18(2)16-26/h5-12,18,25H,3-4,13-16H2,1-2H3,(H,24,28). The summed E-state index contributed by atoms with van der Waals surface area (Å²) in [5.74, 6) is 0.230. The van der Waals surface area contributed by atoms with Gasteiger partial charge in [0.15, 0.2) is 0 Å². The van der Waals surface area contributed by atoms with E-state index < -0.39 is 10.0 Å². The molecular formula is C23H29N3O4S. The number of aryl methyl sites for hydroxylation is 1. The molecule has 1 unspecified atom stereocenters. The summed E-state index contributed by atoms with van der Waals surface area (Å²) in [5.41, 5.74) is 1.85. The van der Waals surface area contributed by atoms with Gasteiger partial charge in [0, 0.05) is 37.3 Å². The molecule has 3 rings (SSSR count). The fourth-order valence-electron chi connectivity index (χ4n) is 3.58. The monoisotopic (exact) mass is 443 g/mol. The van der Waals surface area contributed by atoms with Crippen LogP contribution < -0.4 is 10.0 Å². The van der Waals surface area contributed by atoms with Crippen molar-refractivity contribution in [1.29, 1.82) is 0 Å². The molecule has 2 aromatic rings. The van der Waals surface area contributed by atoms with Gasteiger partial charge in [-0.15, -0.1) is 0 Å². The second-order valence-corrected chi connectivity index (χ2v) is 9.77. The van der Waals surface area contributed by atoms with Gasteiger partial charge < -0.3 is 10.2 Å². The van der Waals surface area contributed by atoms with Crippen LogP contribution in [0.5, 0.6) is 0 Å². The van der Waals surface area contributed by atoms with Crippen LogP contribution in [0.1, 0.15) is 42.1 Å². The first-order valence-electron chi connectivity index (χ1n) is 10.5. The molecule has 1 atom stereocenters. The van der Waals surface area contributed by atoms with Crippen molar-refractivity contribution in [2.24, 2.45) is 5.92 Å². The summed E-state index contributed by atoms with van der Waals surface area (Å²) >= 11 is 0. The van der Waals surface area contributed by atoms with E-state index >= 15 is 0 Å². The molecule has 1 aliphatic heterocycles. The van der Waals surface area contributed by atoms with E-state index in [4.69, 9.17) is 0 Å². The van der Waals surface area contributed by atoms with Crippen LogP contribution in [0.15, 0.2) is 53.4 Å². The van der Waals surface area contributed by atoms with Gasteiger partial charge in [-0.1, -0.05) is 24.6 Å². The maximum atomic E-state index is 12.5. The van der Waals surface area contributed by atoms with Crippen LogP contribution in [0.25, 0.3) is 0 Å². The molecule has 1 heterocycles. The number of carbonyl (C=O) groups excluding carboxylic acids is 2. The number of anilines is 1. The highest BCUT2D eigenvalue weighted by molar-refractivity contribution is 7.92. The summed E-state index contributed by atoms with van der Waals surface area (Å²) in [6.07, 6.45) is 2.42. The smallest absolute Gasteiger partial charge is 0.261 e. The van der Waals surface area contributed by atoms with E-state index in [2.05, 4.69) is 17.0 Å². The molecule has 0 radical (unpaired) electrons. The van der Waals surface area contributed by atoms with Crippen molar-refractivity contribution in [3.05, 3.63) is 59.7 Å². The Bertz CT molecular complexity index is 1020. The molecule has 166 valence electrons. The van der Waals surface area contributed by atoms with Crippen molar-refractivity contribution in [1.82, 2.24) is 10.2 Å². The fraction of sp³-hybridized carbons (Fsp3) is 0.391. The number of hydrogen-bond acceptors (Lipinski definition) is 4. The Labute approximate surface area is 183 Å². The van der Waals surface area contributed by atoms with Crippen molar-refractivity contribution in [2.45, 2.75) is 38.0 Å². The van der Waals surface area contributed by atoms with E-state index in [1.807, 2.05) is 24.0 Å². The van der Waals surface area contributed by atoms with Gasteiger partial charge in [-0.05, 0) is 62.1 Å². The summed E-state index contributed by atoms with van der Waals surface area (Å²) in [7, 11) is -3.75. The average Bonchev–Trinajstić information content (AvgIpc) is 2.75. The molecule has 7 nitrogen and oxygen atoms in total. The third kappa shape index (κ3) is 6.30. The predicted molar refractivity (Wildman–Crippen MR) is 120 cm³/mol. The highest BCUT2D eigenvalue weighted by atomic mass is 32.2. The Morgan fingerprint density at radius 2 is 1.74 bits per heavy atom. The molecule has 31 heavy (non-hydrogen) atoms. The lowest BCUT2D eigenvalue weighted by atomic mass is 10.00. The molecule has 0 bridgehead atoms. The third-order valence-electron chi connectivity index (χ3n) is 5.36. The van der Waals surface area contributed by atoms with E-state index in [1.54, 1.807) is 12.1 Å². The van der Waals surface area contributed by atoms with E-state index in [-0.39, 0.29) is 29.7 Å². The zero-order valence-electron chi connectivity index (χ0n) is 17.9. The lowest BCUT2D eigenvalue weighted by Crippen LogP contribution is -2.40. The van der Waals surface area contributed by atoms with E-state index in [9.17, 15) is 18.0 Å². The number of likely N-dealkylation sites (tertiary alicyclic amines) is 1. The van der Waals surface area contributed by atoms with Crippen LogP contribution in [0.4, 0.5) is 5.69 Å². The van der Waals surface area contributed by atoms with E-state index in [0.29, 0.717) is 17.2 Å². The number of nitrogens with one attached hydrogen (secondary N) is 2. The lowest BCUT2D eigenvalue weighted by Gasteiger charge is -2.31. The summed E-state index contributed by atoms with van der Waals surface area (Å²) < 4.78 is 27.6. The minimum atomic E-state index is -3.75. The SMILES string of the molecule is Cc1ccc(NS(=O)(=O)c2ccc(C(=O)NCCC(=O)N3CCCC(C)C3)cc2)cc1. The number of benzene rings is 2. The normalized spacial score (nSPS) is 16.6. The van der Waals surface area contributed by atoms with Crippen molar-refractivity contribution in [2.75, 3.05) is 24.4 Å². The maximum absolute atomic E-state index is 12.5. The quantitative estimate of drug-likeness (QED) is 0.687. The van der Waals surface area contributed by atoms with Gasteiger partial charge in [-0.3, -0.25) is 14.3 Å². The molecule has 2 N–H and O–H groups in total. The second kappa shape index (κ2) is 9.96. The molecule has 2 amide bonds.